The Balaban J connectivity index is 3.43. The standard InChI is InChI=1S/C10H18ClNO3/c1-9(2)10(13)12(3)6-8-15-14-7-4-5-11/h1,4-8H2,2-3H3. The van der Waals surface area contributed by atoms with Crippen molar-refractivity contribution in [2.45, 2.75) is 13.3 Å². The van der Waals surface area contributed by atoms with E-state index in [9.17, 15) is 4.79 Å². The van der Waals surface area contributed by atoms with Crippen molar-refractivity contribution < 1.29 is 14.6 Å². The number of hydrogen-bond donors (Lipinski definition) is 0. The van der Waals surface area contributed by atoms with Crippen LogP contribution in [0.25, 0.3) is 0 Å². The fraction of sp³-hybridized carbons (Fsp3) is 0.700. The third kappa shape index (κ3) is 7.36. The van der Waals surface area contributed by atoms with E-state index in [1.165, 1.54) is 4.90 Å². The molecule has 0 radical (unpaired) electrons. The first-order valence-corrected chi connectivity index (χ1v) is 5.34. The summed E-state index contributed by atoms with van der Waals surface area (Å²) >= 11 is 5.44. The number of likely N-dealkylation sites (N-methyl/N-ethyl adjacent to an activating group) is 1. The van der Waals surface area contributed by atoms with Gasteiger partial charge >= 0.3 is 0 Å². The number of rotatable bonds is 8. The maximum absolute atomic E-state index is 11.3. The number of halogens is 1. The van der Waals surface area contributed by atoms with Gasteiger partial charge in [0.2, 0.25) is 5.91 Å². The van der Waals surface area contributed by atoms with Crippen molar-refractivity contribution in [3.8, 4) is 0 Å². The van der Waals surface area contributed by atoms with Crippen LogP contribution in [0.5, 0.6) is 0 Å². The van der Waals surface area contributed by atoms with Gasteiger partial charge in [-0.3, -0.25) is 4.79 Å². The quantitative estimate of drug-likeness (QED) is 0.211. The SMILES string of the molecule is C=C(C)C(=O)N(C)CCOOCCCCl. The second-order valence-electron chi connectivity index (χ2n) is 3.19. The van der Waals surface area contributed by atoms with Crippen LogP contribution in [0, 0.1) is 0 Å². The van der Waals surface area contributed by atoms with Crippen LogP contribution >= 0.6 is 11.6 Å². The van der Waals surface area contributed by atoms with Gasteiger partial charge in [0.25, 0.3) is 0 Å². The minimum atomic E-state index is -0.0839. The predicted molar refractivity (Wildman–Crippen MR) is 59.7 cm³/mol. The summed E-state index contributed by atoms with van der Waals surface area (Å²) in [6.07, 6.45) is 0.752. The lowest BCUT2D eigenvalue weighted by Crippen LogP contribution is -2.30. The fourth-order valence-electron chi connectivity index (χ4n) is 0.833. The number of carbonyl (C=O) groups is 1. The summed E-state index contributed by atoms with van der Waals surface area (Å²) in [5.74, 6) is 0.469. The molecule has 0 unspecified atom stereocenters. The van der Waals surface area contributed by atoms with Crippen molar-refractivity contribution in [1.29, 1.82) is 0 Å². The normalized spacial score (nSPS) is 10.1. The number of nitrogens with zero attached hydrogens (tertiary/aromatic N) is 1. The molecular formula is C10H18ClNO3. The Hall–Kier alpha value is -0.580. The molecule has 0 aromatic rings. The van der Waals surface area contributed by atoms with Crippen molar-refractivity contribution in [3.05, 3.63) is 12.2 Å². The van der Waals surface area contributed by atoms with Gasteiger partial charge < -0.3 is 4.90 Å². The van der Waals surface area contributed by atoms with Crippen LogP contribution in [0.2, 0.25) is 0 Å². The molecule has 0 heterocycles. The largest absolute Gasteiger partial charge is 0.340 e. The Morgan fingerprint density at radius 3 is 2.53 bits per heavy atom. The smallest absolute Gasteiger partial charge is 0.248 e. The van der Waals surface area contributed by atoms with Gasteiger partial charge in [0.15, 0.2) is 0 Å². The monoisotopic (exact) mass is 235 g/mol. The molecule has 0 atom stereocenters. The number of hydrogen-bond acceptors (Lipinski definition) is 3. The van der Waals surface area contributed by atoms with Gasteiger partial charge in [-0.15, -0.1) is 11.6 Å². The fourth-order valence-corrected chi connectivity index (χ4v) is 0.942. The van der Waals surface area contributed by atoms with E-state index in [4.69, 9.17) is 21.4 Å². The molecule has 0 aromatic heterocycles. The Labute approximate surface area is 95.7 Å². The van der Waals surface area contributed by atoms with Crippen LogP contribution < -0.4 is 0 Å². The molecule has 1 amide bonds. The molecule has 0 saturated carbocycles. The van der Waals surface area contributed by atoms with Gasteiger partial charge in [-0.1, -0.05) is 6.58 Å². The van der Waals surface area contributed by atoms with E-state index in [0.29, 0.717) is 31.2 Å². The van der Waals surface area contributed by atoms with Gasteiger partial charge in [-0.05, 0) is 13.3 Å². The Morgan fingerprint density at radius 2 is 2.00 bits per heavy atom. The molecule has 0 rings (SSSR count). The van der Waals surface area contributed by atoms with Gasteiger partial charge in [0.05, 0.1) is 13.2 Å². The molecule has 0 N–H and O–H groups in total. The summed E-state index contributed by atoms with van der Waals surface area (Å²) in [5.41, 5.74) is 0.514. The molecule has 0 bridgehead atoms. The first kappa shape index (κ1) is 14.4. The molecule has 88 valence electrons. The third-order valence-corrected chi connectivity index (χ3v) is 1.93. The summed E-state index contributed by atoms with van der Waals surface area (Å²) in [4.78, 5) is 22.5. The minimum Gasteiger partial charge on any atom is -0.340 e. The molecule has 0 aliphatic heterocycles. The molecule has 0 aromatic carbocycles. The first-order valence-electron chi connectivity index (χ1n) is 4.81. The number of alkyl halides is 1. The van der Waals surface area contributed by atoms with Crippen LogP contribution in [-0.2, 0) is 14.6 Å². The zero-order chi connectivity index (χ0) is 11.7. The molecular weight excluding hydrogens is 218 g/mol. The minimum absolute atomic E-state index is 0.0839. The highest BCUT2D eigenvalue weighted by Crippen LogP contribution is 1.95. The van der Waals surface area contributed by atoms with E-state index >= 15 is 0 Å². The first-order chi connectivity index (χ1) is 7.09. The van der Waals surface area contributed by atoms with E-state index in [-0.39, 0.29) is 5.91 Å². The molecule has 5 heteroatoms. The van der Waals surface area contributed by atoms with Crippen LogP contribution in [0.1, 0.15) is 13.3 Å². The maximum atomic E-state index is 11.3. The average Bonchev–Trinajstić information content (AvgIpc) is 2.21. The van der Waals surface area contributed by atoms with Crippen molar-refractivity contribution in [2.24, 2.45) is 0 Å². The predicted octanol–water partition coefficient (Wildman–Crippen LogP) is 1.60. The summed E-state index contributed by atoms with van der Waals surface area (Å²) in [6.45, 7) is 6.54. The summed E-state index contributed by atoms with van der Waals surface area (Å²) in [5, 5.41) is 0. The molecule has 0 aliphatic carbocycles. The third-order valence-electron chi connectivity index (χ3n) is 1.67. The molecule has 0 aliphatic rings. The van der Waals surface area contributed by atoms with E-state index in [2.05, 4.69) is 6.58 Å². The summed E-state index contributed by atoms with van der Waals surface area (Å²) in [7, 11) is 1.69. The lowest BCUT2D eigenvalue weighted by atomic mass is 10.3. The van der Waals surface area contributed by atoms with E-state index in [0.717, 1.165) is 6.42 Å². The van der Waals surface area contributed by atoms with Crippen LogP contribution in [-0.4, -0.2) is 43.5 Å². The molecule has 0 saturated heterocycles. The topological polar surface area (TPSA) is 38.8 Å². The van der Waals surface area contributed by atoms with Gasteiger partial charge in [-0.2, -0.15) is 0 Å². The van der Waals surface area contributed by atoms with Gasteiger partial charge in [0.1, 0.15) is 0 Å². The Morgan fingerprint density at radius 1 is 1.40 bits per heavy atom. The van der Waals surface area contributed by atoms with Crippen LogP contribution in [0.15, 0.2) is 12.2 Å². The second kappa shape index (κ2) is 8.71. The van der Waals surface area contributed by atoms with Crippen molar-refractivity contribution >= 4 is 17.5 Å². The highest BCUT2D eigenvalue weighted by atomic mass is 35.5. The summed E-state index contributed by atoms with van der Waals surface area (Å²) in [6, 6.07) is 0. The Kier molecular flexibility index (Phi) is 8.37. The lowest BCUT2D eigenvalue weighted by Gasteiger charge is -2.16. The lowest BCUT2D eigenvalue weighted by molar-refractivity contribution is -0.294. The van der Waals surface area contributed by atoms with Crippen molar-refractivity contribution in [3.63, 3.8) is 0 Å². The maximum Gasteiger partial charge on any atom is 0.248 e. The highest BCUT2D eigenvalue weighted by molar-refractivity contribution is 6.17. The van der Waals surface area contributed by atoms with E-state index in [1.54, 1.807) is 14.0 Å². The van der Waals surface area contributed by atoms with E-state index in [1.807, 2.05) is 0 Å². The molecule has 0 spiro atoms. The van der Waals surface area contributed by atoms with Crippen molar-refractivity contribution in [1.82, 2.24) is 4.90 Å². The zero-order valence-electron chi connectivity index (χ0n) is 9.29. The number of carbonyl (C=O) groups excluding carboxylic acids is 1. The van der Waals surface area contributed by atoms with E-state index < -0.39 is 0 Å². The highest BCUT2D eigenvalue weighted by Gasteiger charge is 2.08. The Bertz CT molecular complexity index is 209. The average molecular weight is 236 g/mol. The molecule has 15 heavy (non-hydrogen) atoms. The van der Waals surface area contributed by atoms with Crippen LogP contribution in [0.4, 0.5) is 0 Å². The van der Waals surface area contributed by atoms with Crippen molar-refractivity contribution in [2.75, 3.05) is 32.7 Å². The summed E-state index contributed by atoms with van der Waals surface area (Å²) < 4.78 is 0. The van der Waals surface area contributed by atoms with Crippen LogP contribution in [0.3, 0.4) is 0 Å². The zero-order valence-corrected chi connectivity index (χ0v) is 10.0. The number of amides is 1. The second-order valence-corrected chi connectivity index (χ2v) is 3.57. The molecule has 0 fully saturated rings. The van der Waals surface area contributed by atoms with Gasteiger partial charge in [-0.25, -0.2) is 9.78 Å². The van der Waals surface area contributed by atoms with Gasteiger partial charge in [0, 0.05) is 25.0 Å². The molecule has 4 nitrogen and oxygen atoms in total.